The second kappa shape index (κ2) is 2.28. The van der Waals surface area contributed by atoms with E-state index < -0.39 is 0 Å². The molecule has 0 saturated heterocycles. The lowest BCUT2D eigenvalue weighted by atomic mass is 10.1. The summed E-state index contributed by atoms with van der Waals surface area (Å²) >= 11 is 1.70. The minimum absolute atomic E-state index is 0.759. The minimum Gasteiger partial charge on any atom is -0.372 e. The van der Waals surface area contributed by atoms with Crippen LogP contribution in [0.2, 0.25) is 0 Å². The van der Waals surface area contributed by atoms with Crippen LogP contribution >= 0.6 is 11.3 Å². The summed E-state index contributed by atoms with van der Waals surface area (Å²) < 4.78 is 6.67. The van der Waals surface area contributed by atoms with Crippen LogP contribution in [0.5, 0.6) is 0 Å². The summed E-state index contributed by atoms with van der Waals surface area (Å²) in [4.78, 5) is 4.26. The normalized spacial score (nSPS) is 15.3. The molecule has 2 aromatic rings. The fourth-order valence-electron chi connectivity index (χ4n) is 1.58. The van der Waals surface area contributed by atoms with E-state index in [1.807, 2.05) is 5.51 Å². The third kappa shape index (κ3) is 0.750. The van der Waals surface area contributed by atoms with Crippen molar-refractivity contribution in [1.29, 1.82) is 0 Å². The van der Waals surface area contributed by atoms with Gasteiger partial charge in [0.25, 0.3) is 0 Å². The smallest absolute Gasteiger partial charge is 0.0815 e. The maximum absolute atomic E-state index is 5.37. The van der Waals surface area contributed by atoms with Gasteiger partial charge in [-0.1, -0.05) is 6.07 Å². The van der Waals surface area contributed by atoms with Crippen molar-refractivity contribution in [2.45, 2.75) is 13.2 Å². The third-order valence-electron chi connectivity index (χ3n) is 2.20. The monoisotopic (exact) mass is 177 g/mol. The van der Waals surface area contributed by atoms with E-state index in [0.29, 0.717) is 0 Å². The fraction of sp³-hybridized carbons (Fsp3) is 0.222. The third-order valence-corrected chi connectivity index (χ3v) is 3.11. The molecule has 3 heteroatoms. The van der Waals surface area contributed by atoms with Gasteiger partial charge in [-0.2, -0.15) is 0 Å². The Kier molecular flexibility index (Phi) is 1.25. The van der Waals surface area contributed by atoms with Gasteiger partial charge in [-0.25, -0.2) is 4.98 Å². The Labute approximate surface area is 73.8 Å². The van der Waals surface area contributed by atoms with Crippen LogP contribution in [0.25, 0.3) is 10.2 Å². The Morgan fingerprint density at radius 1 is 1.33 bits per heavy atom. The largest absolute Gasteiger partial charge is 0.372 e. The van der Waals surface area contributed by atoms with E-state index in [1.54, 1.807) is 11.3 Å². The molecule has 1 aliphatic heterocycles. The summed E-state index contributed by atoms with van der Waals surface area (Å²) in [5.74, 6) is 0. The predicted molar refractivity (Wildman–Crippen MR) is 48.1 cm³/mol. The highest BCUT2D eigenvalue weighted by molar-refractivity contribution is 7.17. The van der Waals surface area contributed by atoms with Crippen molar-refractivity contribution in [3.8, 4) is 0 Å². The summed E-state index contributed by atoms with van der Waals surface area (Å²) in [5, 5.41) is 0. The van der Waals surface area contributed by atoms with Gasteiger partial charge in [-0.3, -0.25) is 0 Å². The van der Waals surface area contributed by atoms with Crippen LogP contribution in [0.1, 0.15) is 11.1 Å². The molecule has 0 saturated carbocycles. The molecular formula is C9H7NOS. The highest BCUT2D eigenvalue weighted by atomic mass is 32.1. The number of hydrogen-bond donors (Lipinski definition) is 0. The second-order valence-corrected chi connectivity index (χ2v) is 3.75. The Hall–Kier alpha value is -0.930. The van der Waals surface area contributed by atoms with Crippen molar-refractivity contribution >= 4 is 21.6 Å². The average molecular weight is 177 g/mol. The van der Waals surface area contributed by atoms with Crippen molar-refractivity contribution in [2.75, 3.05) is 0 Å². The zero-order valence-electron chi connectivity index (χ0n) is 6.41. The lowest BCUT2D eigenvalue weighted by Crippen LogP contribution is -1.80. The van der Waals surface area contributed by atoms with Crippen molar-refractivity contribution < 1.29 is 4.74 Å². The van der Waals surface area contributed by atoms with Crippen molar-refractivity contribution in [3.05, 3.63) is 28.8 Å². The lowest BCUT2D eigenvalue weighted by molar-refractivity contribution is 0.135. The van der Waals surface area contributed by atoms with Crippen LogP contribution in [-0.2, 0) is 18.0 Å². The molecule has 0 radical (unpaired) electrons. The Balaban J connectivity index is 2.46. The molecule has 12 heavy (non-hydrogen) atoms. The van der Waals surface area contributed by atoms with Crippen molar-refractivity contribution in [3.63, 3.8) is 0 Å². The highest BCUT2D eigenvalue weighted by Crippen LogP contribution is 2.30. The fourth-order valence-corrected chi connectivity index (χ4v) is 2.43. The van der Waals surface area contributed by atoms with Crippen LogP contribution < -0.4 is 0 Å². The van der Waals surface area contributed by atoms with Gasteiger partial charge in [0.15, 0.2) is 0 Å². The zero-order chi connectivity index (χ0) is 7.97. The molecule has 0 N–H and O–H groups in total. The Bertz CT molecular complexity index is 435. The van der Waals surface area contributed by atoms with E-state index in [1.165, 1.54) is 15.8 Å². The predicted octanol–water partition coefficient (Wildman–Crippen LogP) is 2.33. The molecule has 1 aromatic carbocycles. The molecule has 0 bridgehead atoms. The zero-order valence-corrected chi connectivity index (χ0v) is 7.23. The lowest BCUT2D eigenvalue weighted by Gasteiger charge is -1.95. The minimum atomic E-state index is 0.759. The van der Waals surface area contributed by atoms with Crippen LogP contribution in [0.4, 0.5) is 0 Å². The van der Waals surface area contributed by atoms with Gasteiger partial charge < -0.3 is 4.74 Å². The molecule has 0 spiro atoms. The molecule has 0 atom stereocenters. The van der Waals surface area contributed by atoms with Crippen LogP contribution in [0.3, 0.4) is 0 Å². The highest BCUT2D eigenvalue weighted by Gasteiger charge is 2.14. The first-order valence-electron chi connectivity index (χ1n) is 3.87. The molecule has 3 rings (SSSR count). The Morgan fingerprint density at radius 3 is 3.33 bits per heavy atom. The molecule has 1 aliphatic rings. The number of nitrogens with zero attached hydrogens (tertiary/aromatic N) is 1. The van der Waals surface area contributed by atoms with Crippen LogP contribution in [0.15, 0.2) is 17.6 Å². The van der Waals surface area contributed by atoms with Gasteiger partial charge >= 0.3 is 0 Å². The number of hydrogen-bond acceptors (Lipinski definition) is 3. The Morgan fingerprint density at radius 2 is 2.33 bits per heavy atom. The summed E-state index contributed by atoms with van der Waals surface area (Å²) in [5.41, 5.74) is 5.66. The maximum atomic E-state index is 5.37. The van der Waals surface area contributed by atoms with Crippen molar-refractivity contribution in [1.82, 2.24) is 4.98 Å². The van der Waals surface area contributed by atoms with E-state index in [9.17, 15) is 0 Å². The molecule has 2 heterocycles. The average Bonchev–Trinajstić information content (AvgIpc) is 2.71. The van der Waals surface area contributed by atoms with Gasteiger partial charge in [0.2, 0.25) is 0 Å². The maximum Gasteiger partial charge on any atom is 0.0815 e. The number of ether oxygens (including phenoxy) is 1. The van der Waals surface area contributed by atoms with Crippen molar-refractivity contribution in [2.24, 2.45) is 0 Å². The number of benzene rings is 1. The second-order valence-electron chi connectivity index (χ2n) is 2.90. The van der Waals surface area contributed by atoms with Crippen LogP contribution in [0, 0.1) is 0 Å². The molecule has 60 valence electrons. The van der Waals surface area contributed by atoms with E-state index in [0.717, 1.165) is 18.7 Å². The summed E-state index contributed by atoms with van der Waals surface area (Å²) in [6.07, 6.45) is 0. The SMILES string of the molecule is c1nc2ccc3c(c2s1)COC3. The van der Waals surface area contributed by atoms with E-state index in [2.05, 4.69) is 17.1 Å². The van der Waals surface area contributed by atoms with Gasteiger partial charge in [0.1, 0.15) is 0 Å². The number of fused-ring (bicyclic) bond motifs is 3. The van der Waals surface area contributed by atoms with E-state index in [4.69, 9.17) is 4.74 Å². The first kappa shape index (κ1) is 6.57. The van der Waals surface area contributed by atoms with Gasteiger partial charge in [-0.15, -0.1) is 11.3 Å². The molecule has 0 aliphatic carbocycles. The molecule has 2 nitrogen and oxygen atoms in total. The topological polar surface area (TPSA) is 22.1 Å². The molecule has 0 fully saturated rings. The molecule has 0 unspecified atom stereocenters. The van der Waals surface area contributed by atoms with Gasteiger partial charge in [0.05, 0.1) is 28.9 Å². The summed E-state index contributed by atoms with van der Waals surface area (Å²) in [6, 6.07) is 4.18. The standard InChI is InChI=1S/C9H7NOS/c1-2-8-9(12-5-10-8)7-4-11-3-6(1)7/h1-2,5H,3-4H2. The molecule has 0 amide bonds. The molecular weight excluding hydrogens is 170 g/mol. The first-order chi connectivity index (χ1) is 5.95. The van der Waals surface area contributed by atoms with E-state index >= 15 is 0 Å². The first-order valence-corrected chi connectivity index (χ1v) is 4.75. The van der Waals surface area contributed by atoms with E-state index in [-0.39, 0.29) is 0 Å². The summed E-state index contributed by atoms with van der Waals surface area (Å²) in [7, 11) is 0. The number of thiazole rings is 1. The summed E-state index contributed by atoms with van der Waals surface area (Å²) in [6.45, 7) is 1.53. The number of aromatic nitrogens is 1. The van der Waals surface area contributed by atoms with Crippen LogP contribution in [-0.4, -0.2) is 4.98 Å². The number of rotatable bonds is 0. The van der Waals surface area contributed by atoms with Gasteiger partial charge in [-0.05, 0) is 11.6 Å². The molecule has 1 aromatic heterocycles. The quantitative estimate of drug-likeness (QED) is 0.616. The van der Waals surface area contributed by atoms with Gasteiger partial charge in [0, 0.05) is 5.56 Å².